The number of halogens is 1. The van der Waals surface area contributed by atoms with Crippen molar-refractivity contribution >= 4 is 35.2 Å². The van der Waals surface area contributed by atoms with Gasteiger partial charge in [0.05, 0.1) is 5.75 Å². The molecule has 2 N–H and O–H groups in total. The topological polar surface area (TPSA) is 66.4 Å². The molecule has 0 fully saturated rings. The van der Waals surface area contributed by atoms with Crippen LogP contribution in [0.25, 0.3) is 0 Å². The Kier molecular flexibility index (Phi) is 6.88. The SMILES string of the molecule is CC[C@H](C)[C@H](NC(=O)CSc1ccc(Cl)cc1)C(=O)O. The molecule has 110 valence electrons. The van der Waals surface area contributed by atoms with Crippen molar-refractivity contribution in [2.24, 2.45) is 5.92 Å². The molecule has 0 aromatic heterocycles. The number of rotatable bonds is 7. The molecule has 0 aliphatic heterocycles. The summed E-state index contributed by atoms with van der Waals surface area (Å²) in [4.78, 5) is 23.8. The van der Waals surface area contributed by atoms with Crippen molar-refractivity contribution in [1.82, 2.24) is 5.32 Å². The highest BCUT2D eigenvalue weighted by Gasteiger charge is 2.25. The van der Waals surface area contributed by atoms with Gasteiger partial charge in [0.25, 0.3) is 0 Å². The van der Waals surface area contributed by atoms with Crippen LogP contribution in [0.15, 0.2) is 29.2 Å². The number of carboxylic acid groups (broad SMARTS) is 1. The highest BCUT2D eigenvalue weighted by molar-refractivity contribution is 8.00. The van der Waals surface area contributed by atoms with Gasteiger partial charge in [0.2, 0.25) is 5.91 Å². The van der Waals surface area contributed by atoms with Crippen LogP contribution in [0.4, 0.5) is 0 Å². The largest absolute Gasteiger partial charge is 0.480 e. The van der Waals surface area contributed by atoms with E-state index in [1.54, 1.807) is 12.1 Å². The van der Waals surface area contributed by atoms with Gasteiger partial charge in [-0.15, -0.1) is 11.8 Å². The van der Waals surface area contributed by atoms with E-state index in [-0.39, 0.29) is 17.6 Å². The van der Waals surface area contributed by atoms with E-state index in [9.17, 15) is 9.59 Å². The molecule has 6 heteroatoms. The minimum atomic E-state index is -0.996. The molecule has 1 aromatic carbocycles. The first-order chi connectivity index (χ1) is 9.43. The van der Waals surface area contributed by atoms with Crippen LogP contribution in [-0.2, 0) is 9.59 Å². The third-order valence-electron chi connectivity index (χ3n) is 2.98. The zero-order valence-electron chi connectivity index (χ0n) is 11.4. The lowest BCUT2D eigenvalue weighted by Crippen LogP contribution is -2.45. The summed E-state index contributed by atoms with van der Waals surface area (Å²) in [6.45, 7) is 3.71. The Morgan fingerprint density at radius 3 is 2.45 bits per heavy atom. The average Bonchev–Trinajstić information content (AvgIpc) is 2.43. The summed E-state index contributed by atoms with van der Waals surface area (Å²) in [7, 11) is 0. The number of carbonyl (C=O) groups is 2. The maximum Gasteiger partial charge on any atom is 0.326 e. The first kappa shape index (κ1) is 16.9. The predicted molar refractivity (Wildman–Crippen MR) is 81.2 cm³/mol. The van der Waals surface area contributed by atoms with E-state index in [1.165, 1.54) is 11.8 Å². The highest BCUT2D eigenvalue weighted by Crippen LogP contribution is 2.20. The molecule has 0 aliphatic carbocycles. The van der Waals surface area contributed by atoms with Crippen LogP contribution in [0.5, 0.6) is 0 Å². The number of aliphatic carboxylic acids is 1. The minimum absolute atomic E-state index is 0.100. The summed E-state index contributed by atoms with van der Waals surface area (Å²) in [5, 5.41) is 12.3. The lowest BCUT2D eigenvalue weighted by Gasteiger charge is -2.19. The Morgan fingerprint density at radius 1 is 1.35 bits per heavy atom. The van der Waals surface area contributed by atoms with Crippen molar-refractivity contribution < 1.29 is 14.7 Å². The van der Waals surface area contributed by atoms with Crippen LogP contribution in [0, 0.1) is 5.92 Å². The standard InChI is InChI=1S/C14H18ClNO3S/c1-3-9(2)13(14(18)19)16-12(17)8-20-11-6-4-10(15)5-7-11/h4-7,9,13H,3,8H2,1-2H3,(H,16,17)(H,18,19)/t9-,13-/m0/s1. The second-order valence-electron chi connectivity index (χ2n) is 4.51. The van der Waals surface area contributed by atoms with E-state index < -0.39 is 12.0 Å². The fourth-order valence-electron chi connectivity index (χ4n) is 1.58. The van der Waals surface area contributed by atoms with E-state index in [0.717, 1.165) is 4.90 Å². The molecule has 0 bridgehead atoms. The van der Waals surface area contributed by atoms with Crippen LogP contribution in [0.2, 0.25) is 5.02 Å². The quantitative estimate of drug-likeness (QED) is 0.759. The minimum Gasteiger partial charge on any atom is -0.480 e. The van der Waals surface area contributed by atoms with E-state index in [0.29, 0.717) is 11.4 Å². The lowest BCUT2D eigenvalue weighted by molar-refractivity contribution is -0.143. The van der Waals surface area contributed by atoms with Crippen molar-refractivity contribution in [3.63, 3.8) is 0 Å². The fourth-order valence-corrected chi connectivity index (χ4v) is 2.41. The van der Waals surface area contributed by atoms with Crippen molar-refractivity contribution in [3.8, 4) is 0 Å². The predicted octanol–water partition coefficient (Wildman–Crippen LogP) is 3.05. The van der Waals surface area contributed by atoms with Crippen LogP contribution in [-0.4, -0.2) is 28.8 Å². The van der Waals surface area contributed by atoms with Crippen LogP contribution in [0.3, 0.4) is 0 Å². The number of carbonyl (C=O) groups excluding carboxylic acids is 1. The molecular formula is C14H18ClNO3S. The summed E-state index contributed by atoms with van der Waals surface area (Å²) in [5.41, 5.74) is 0. The number of carboxylic acids is 1. The summed E-state index contributed by atoms with van der Waals surface area (Å²) in [5.74, 6) is -1.19. The van der Waals surface area contributed by atoms with Crippen LogP contribution in [0.1, 0.15) is 20.3 Å². The second-order valence-corrected chi connectivity index (χ2v) is 6.00. The fraction of sp³-hybridized carbons (Fsp3) is 0.429. The third kappa shape index (κ3) is 5.43. The average molecular weight is 316 g/mol. The molecule has 0 saturated carbocycles. The maximum absolute atomic E-state index is 11.8. The van der Waals surface area contributed by atoms with Gasteiger partial charge >= 0.3 is 5.97 Å². The van der Waals surface area contributed by atoms with Gasteiger partial charge in [-0.1, -0.05) is 31.9 Å². The molecule has 1 aromatic rings. The molecule has 0 saturated heterocycles. The molecular weight excluding hydrogens is 298 g/mol. The van der Waals surface area contributed by atoms with Gasteiger partial charge in [-0.25, -0.2) is 4.79 Å². The van der Waals surface area contributed by atoms with E-state index in [1.807, 2.05) is 26.0 Å². The summed E-state index contributed by atoms with van der Waals surface area (Å²) in [6, 6.07) is 6.31. The van der Waals surface area contributed by atoms with Gasteiger partial charge < -0.3 is 10.4 Å². The lowest BCUT2D eigenvalue weighted by atomic mass is 9.99. The van der Waals surface area contributed by atoms with Gasteiger partial charge in [-0.2, -0.15) is 0 Å². The summed E-state index contributed by atoms with van der Waals surface area (Å²) < 4.78 is 0. The number of thioether (sulfide) groups is 1. The first-order valence-corrected chi connectivity index (χ1v) is 7.71. The second kappa shape index (κ2) is 8.17. The highest BCUT2D eigenvalue weighted by atomic mass is 35.5. The Balaban J connectivity index is 2.49. The molecule has 1 amide bonds. The smallest absolute Gasteiger partial charge is 0.326 e. The van der Waals surface area contributed by atoms with Gasteiger partial charge in [-0.05, 0) is 30.2 Å². The van der Waals surface area contributed by atoms with Crippen molar-refractivity contribution in [3.05, 3.63) is 29.3 Å². The van der Waals surface area contributed by atoms with Gasteiger partial charge in [0.15, 0.2) is 0 Å². The summed E-state index contributed by atoms with van der Waals surface area (Å²) in [6.07, 6.45) is 0.696. The van der Waals surface area contributed by atoms with E-state index in [2.05, 4.69) is 5.32 Å². The Labute approximate surface area is 127 Å². The summed E-state index contributed by atoms with van der Waals surface area (Å²) >= 11 is 7.12. The van der Waals surface area contributed by atoms with E-state index in [4.69, 9.17) is 16.7 Å². The molecule has 2 atom stereocenters. The zero-order valence-corrected chi connectivity index (χ0v) is 13.0. The Bertz CT molecular complexity index is 464. The third-order valence-corrected chi connectivity index (χ3v) is 4.24. The normalized spacial score (nSPS) is 13.6. The molecule has 4 nitrogen and oxygen atoms in total. The van der Waals surface area contributed by atoms with Crippen molar-refractivity contribution in [1.29, 1.82) is 0 Å². The number of benzene rings is 1. The number of amides is 1. The van der Waals surface area contributed by atoms with Gasteiger partial charge in [0, 0.05) is 9.92 Å². The molecule has 0 heterocycles. The molecule has 0 radical (unpaired) electrons. The van der Waals surface area contributed by atoms with Crippen LogP contribution >= 0.6 is 23.4 Å². The first-order valence-electron chi connectivity index (χ1n) is 6.34. The van der Waals surface area contributed by atoms with Gasteiger partial charge in [-0.3, -0.25) is 4.79 Å². The monoisotopic (exact) mass is 315 g/mol. The molecule has 0 unspecified atom stereocenters. The molecule has 0 aliphatic rings. The number of nitrogens with one attached hydrogen (secondary N) is 1. The van der Waals surface area contributed by atoms with Crippen molar-refractivity contribution in [2.45, 2.75) is 31.2 Å². The number of hydrogen-bond donors (Lipinski definition) is 2. The Hall–Kier alpha value is -1.20. The zero-order chi connectivity index (χ0) is 15.1. The van der Waals surface area contributed by atoms with Crippen molar-refractivity contribution in [2.75, 3.05) is 5.75 Å². The van der Waals surface area contributed by atoms with E-state index >= 15 is 0 Å². The number of hydrogen-bond acceptors (Lipinski definition) is 3. The Morgan fingerprint density at radius 2 is 1.95 bits per heavy atom. The molecule has 20 heavy (non-hydrogen) atoms. The molecule has 0 spiro atoms. The molecule has 1 rings (SSSR count). The van der Waals surface area contributed by atoms with Crippen LogP contribution < -0.4 is 5.32 Å². The maximum atomic E-state index is 11.8. The van der Waals surface area contributed by atoms with Gasteiger partial charge in [0.1, 0.15) is 6.04 Å².